The van der Waals surface area contributed by atoms with Crippen LogP contribution in [0.2, 0.25) is 0 Å². The fraction of sp³-hybridized carbons (Fsp3) is 0.195. The van der Waals surface area contributed by atoms with Crippen molar-refractivity contribution in [2.75, 3.05) is 4.90 Å². The lowest BCUT2D eigenvalue weighted by Gasteiger charge is -2.55. The first kappa shape index (κ1) is 30.4. The van der Waals surface area contributed by atoms with E-state index >= 15 is 0 Å². The Balaban J connectivity index is 1.33. The SMILES string of the molecule is O=C(O)c1cccc(N2C(=O)[C@H]3[C@H](CC=C4[C@H]3C[C@H]3C(=O)C(c5ccccc5)=CC(=O)[C@@]3(c3ccccc3)[C@H]4c3ccc(O)cc3)C2=O)c1. The number of carboxylic acids is 1. The third-order valence-electron chi connectivity index (χ3n) is 11.0. The highest BCUT2D eigenvalue weighted by Crippen LogP contribution is 2.63. The Morgan fingerprint density at radius 2 is 1.47 bits per heavy atom. The summed E-state index contributed by atoms with van der Waals surface area (Å²) in [6.45, 7) is 0. The first-order chi connectivity index (χ1) is 23.7. The number of hydrogen-bond acceptors (Lipinski definition) is 6. The van der Waals surface area contributed by atoms with E-state index in [-0.39, 0.29) is 41.4 Å². The lowest BCUT2D eigenvalue weighted by Crippen LogP contribution is -2.58. The number of carbonyl (C=O) groups is 5. The fourth-order valence-electron chi connectivity index (χ4n) is 8.95. The van der Waals surface area contributed by atoms with Crippen LogP contribution in [-0.4, -0.2) is 39.6 Å². The van der Waals surface area contributed by atoms with Crippen molar-refractivity contribution >= 4 is 40.6 Å². The van der Waals surface area contributed by atoms with Crippen LogP contribution in [0, 0.1) is 23.7 Å². The van der Waals surface area contributed by atoms with Crippen LogP contribution in [-0.2, 0) is 24.6 Å². The molecule has 242 valence electrons. The molecule has 4 aromatic rings. The summed E-state index contributed by atoms with van der Waals surface area (Å²) >= 11 is 0. The van der Waals surface area contributed by atoms with Gasteiger partial charge in [0.2, 0.25) is 11.8 Å². The quantitative estimate of drug-likeness (QED) is 0.197. The van der Waals surface area contributed by atoms with Crippen LogP contribution < -0.4 is 4.90 Å². The average Bonchev–Trinajstić information content (AvgIpc) is 3.39. The molecule has 4 aliphatic rings. The molecule has 1 saturated carbocycles. The number of phenols is 1. The van der Waals surface area contributed by atoms with Gasteiger partial charge in [-0.2, -0.15) is 0 Å². The van der Waals surface area contributed by atoms with E-state index in [0.29, 0.717) is 22.3 Å². The summed E-state index contributed by atoms with van der Waals surface area (Å²) in [6, 6.07) is 30.8. The number of aromatic hydroxyl groups is 1. The summed E-state index contributed by atoms with van der Waals surface area (Å²) in [5.74, 6) is -6.06. The number of carbonyl (C=O) groups excluding carboxylic acids is 4. The molecule has 3 aliphatic carbocycles. The second kappa shape index (κ2) is 11.4. The Kier molecular flexibility index (Phi) is 7.07. The molecule has 1 heterocycles. The second-order valence-corrected chi connectivity index (χ2v) is 13.2. The van der Waals surface area contributed by atoms with E-state index in [1.165, 1.54) is 24.3 Å². The number of anilines is 1. The van der Waals surface area contributed by atoms with Crippen molar-refractivity contribution in [3.8, 4) is 5.75 Å². The van der Waals surface area contributed by atoms with Crippen LogP contribution in [0.4, 0.5) is 5.69 Å². The van der Waals surface area contributed by atoms with Gasteiger partial charge in [-0.15, -0.1) is 0 Å². The highest BCUT2D eigenvalue weighted by atomic mass is 16.4. The van der Waals surface area contributed by atoms with Gasteiger partial charge in [-0.25, -0.2) is 4.79 Å². The molecule has 0 aromatic heterocycles. The average molecular weight is 650 g/mol. The predicted octanol–water partition coefficient (Wildman–Crippen LogP) is 6.12. The van der Waals surface area contributed by atoms with Crippen LogP contribution in [0.3, 0.4) is 0 Å². The van der Waals surface area contributed by atoms with Gasteiger partial charge in [0.25, 0.3) is 0 Å². The zero-order valence-electron chi connectivity index (χ0n) is 26.2. The standard InChI is InChI=1S/C41H31NO7/c43-28-16-14-24(15-17-28)36-29-18-19-30-35(39(47)42(38(30)46)27-13-7-10-25(20-27)40(48)49)32(29)21-33-37(45)31(23-8-3-1-4-9-23)22-34(44)41(33,36)26-11-5-2-6-12-26/h1-18,20,22,30,32-33,35-36,43H,19,21H2,(H,48,49)/t30-,32+,33-,35-,36-,41-/m0/s1. The molecule has 49 heavy (non-hydrogen) atoms. The van der Waals surface area contributed by atoms with Gasteiger partial charge < -0.3 is 10.2 Å². The van der Waals surface area contributed by atoms with Gasteiger partial charge in [-0.3, -0.25) is 24.1 Å². The molecule has 1 saturated heterocycles. The summed E-state index contributed by atoms with van der Waals surface area (Å²) in [6.07, 6.45) is 3.85. The smallest absolute Gasteiger partial charge is 0.335 e. The molecule has 1 aliphatic heterocycles. The minimum Gasteiger partial charge on any atom is -0.508 e. The van der Waals surface area contributed by atoms with Crippen molar-refractivity contribution in [3.63, 3.8) is 0 Å². The zero-order valence-corrected chi connectivity index (χ0v) is 26.2. The maximum absolute atomic E-state index is 15.0. The normalized spacial score (nSPS) is 27.5. The molecule has 0 unspecified atom stereocenters. The number of aromatic carboxylic acids is 1. The van der Waals surface area contributed by atoms with Crippen LogP contribution in [0.25, 0.3) is 5.57 Å². The largest absolute Gasteiger partial charge is 0.508 e. The van der Waals surface area contributed by atoms with Gasteiger partial charge in [0.05, 0.1) is 28.5 Å². The van der Waals surface area contributed by atoms with E-state index < -0.39 is 52.8 Å². The minimum absolute atomic E-state index is 0.0453. The monoisotopic (exact) mass is 649 g/mol. The number of carboxylic acid groups (broad SMARTS) is 1. The topological polar surface area (TPSA) is 129 Å². The molecular formula is C41H31NO7. The summed E-state index contributed by atoms with van der Waals surface area (Å²) in [7, 11) is 0. The Labute approximate surface area is 282 Å². The number of Topliss-reactive ketones (excluding diaryl/α,β-unsaturated/α-hetero) is 1. The number of rotatable bonds is 5. The van der Waals surface area contributed by atoms with Crippen molar-refractivity contribution in [2.45, 2.75) is 24.2 Å². The van der Waals surface area contributed by atoms with E-state index in [1.54, 1.807) is 42.5 Å². The van der Waals surface area contributed by atoms with Crippen LogP contribution in [0.15, 0.2) is 127 Å². The molecule has 0 radical (unpaired) electrons. The number of ketones is 2. The highest BCUT2D eigenvalue weighted by Gasteiger charge is 2.66. The first-order valence-electron chi connectivity index (χ1n) is 16.3. The molecule has 2 amide bonds. The summed E-state index contributed by atoms with van der Waals surface area (Å²) in [5.41, 5.74) is 1.93. The van der Waals surface area contributed by atoms with Gasteiger partial charge in [0.1, 0.15) is 5.75 Å². The Morgan fingerprint density at radius 1 is 0.776 bits per heavy atom. The number of fused-ring (bicyclic) bond motifs is 4. The van der Waals surface area contributed by atoms with E-state index in [9.17, 15) is 34.2 Å². The van der Waals surface area contributed by atoms with Crippen molar-refractivity contribution in [1.82, 2.24) is 0 Å². The number of benzene rings is 4. The van der Waals surface area contributed by atoms with E-state index in [1.807, 2.05) is 54.6 Å². The molecule has 8 heteroatoms. The summed E-state index contributed by atoms with van der Waals surface area (Å²) in [4.78, 5) is 71.2. The van der Waals surface area contributed by atoms with Gasteiger partial charge in [-0.05, 0) is 71.9 Å². The number of imide groups is 1. The van der Waals surface area contributed by atoms with Crippen LogP contribution in [0.5, 0.6) is 5.75 Å². The van der Waals surface area contributed by atoms with Crippen molar-refractivity contribution < 1.29 is 34.2 Å². The molecule has 8 rings (SSSR count). The minimum atomic E-state index is -1.36. The third kappa shape index (κ3) is 4.47. The second-order valence-electron chi connectivity index (χ2n) is 13.2. The van der Waals surface area contributed by atoms with Gasteiger partial charge >= 0.3 is 5.97 Å². The van der Waals surface area contributed by atoms with Crippen molar-refractivity contribution in [3.05, 3.63) is 149 Å². The molecule has 2 N–H and O–H groups in total. The van der Waals surface area contributed by atoms with Gasteiger partial charge in [-0.1, -0.05) is 90.5 Å². The fourth-order valence-corrected chi connectivity index (χ4v) is 8.95. The van der Waals surface area contributed by atoms with Gasteiger partial charge in [0, 0.05) is 17.4 Å². The number of hydrogen-bond donors (Lipinski definition) is 2. The van der Waals surface area contributed by atoms with E-state index in [2.05, 4.69) is 0 Å². The van der Waals surface area contributed by atoms with Crippen LogP contribution >= 0.6 is 0 Å². The highest BCUT2D eigenvalue weighted by molar-refractivity contribution is 6.32. The van der Waals surface area contributed by atoms with E-state index in [0.717, 1.165) is 10.5 Å². The molecule has 8 nitrogen and oxygen atoms in total. The summed E-state index contributed by atoms with van der Waals surface area (Å²) < 4.78 is 0. The van der Waals surface area contributed by atoms with Crippen molar-refractivity contribution in [1.29, 1.82) is 0 Å². The Morgan fingerprint density at radius 3 is 2.16 bits per heavy atom. The van der Waals surface area contributed by atoms with E-state index in [4.69, 9.17) is 0 Å². The van der Waals surface area contributed by atoms with Crippen LogP contribution in [0.1, 0.15) is 45.8 Å². The summed E-state index contributed by atoms with van der Waals surface area (Å²) in [5, 5.41) is 19.9. The molecule has 4 aromatic carbocycles. The Bertz CT molecular complexity index is 2120. The lowest BCUT2D eigenvalue weighted by molar-refractivity contribution is -0.135. The number of allylic oxidation sites excluding steroid dienone is 4. The number of phenolic OH excluding ortho intramolecular Hbond substituents is 1. The molecule has 0 spiro atoms. The molecule has 2 fully saturated rings. The number of amides is 2. The number of nitrogens with zero attached hydrogens (tertiary/aromatic N) is 1. The lowest BCUT2D eigenvalue weighted by atomic mass is 9.44. The molecule has 6 atom stereocenters. The van der Waals surface area contributed by atoms with Crippen molar-refractivity contribution in [2.24, 2.45) is 23.7 Å². The maximum Gasteiger partial charge on any atom is 0.335 e. The Hall–Kier alpha value is -5.89. The third-order valence-corrected chi connectivity index (χ3v) is 11.0. The molecular weight excluding hydrogens is 618 g/mol. The first-order valence-corrected chi connectivity index (χ1v) is 16.3. The predicted molar refractivity (Wildman–Crippen MR) is 181 cm³/mol. The zero-order chi connectivity index (χ0) is 34.0. The maximum atomic E-state index is 15.0. The van der Waals surface area contributed by atoms with Gasteiger partial charge in [0.15, 0.2) is 11.6 Å². The molecule has 0 bridgehead atoms.